The van der Waals surface area contributed by atoms with Crippen LogP contribution in [0.15, 0.2) is 48.5 Å². The van der Waals surface area contributed by atoms with E-state index in [0.717, 1.165) is 89.1 Å². The van der Waals surface area contributed by atoms with Gasteiger partial charge in [0, 0.05) is 76.5 Å². The Labute approximate surface area is 308 Å². The third-order valence-corrected chi connectivity index (χ3v) is 13.7. The topological polar surface area (TPSA) is 50.3 Å². The number of amides is 2. The molecule has 0 bridgehead atoms. The van der Waals surface area contributed by atoms with Crippen molar-refractivity contribution in [3.8, 4) is 0 Å². The first kappa shape index (κ1) is 36.5. The minimum absolute atomic E-state index is 0.344. The maximum Gasteiger partial charge on any atom is 0.236 e. The van der Waals surface area contributed by atoms with Gasteiger partial charge in [0.2, 0.25) is 11.8 Å². The lowest BCUT2D eigenvalue weighted by atomic mass is 9.56. The molecule has 7 nitrogen and oxygen atoms in total. The van der Waals surface area contributed by atoms with Crippen molar-refractivity contribution in [1.82, 2.24) is 19.6 Å². The van der Waals surface area contributed by atoms with E-state index >= 15 is 0 Å². The molecule has 2 aromatic rings. The monoisotopic (exact) mass is 696 g/mol. The van der Waals surface area contributed by atoms with Crippen LogP contribution in [0, 0.1) is 42.4 Å². The van der Waals surface area contributed by atoms with Crippen molar-refractivity contribution in [3.63, 3.8) is 0 Å². The predicted octanol–water partition coefficient (Wildman–Crippen LogP) is 6.83. The molecular formula is C44H65N5O2. The predicted molar refractivity (Wildman–Crippen MR) is 208 cm³/mol. The molecule has 1 saturated carbocycles. The fourth-order valence-corrected chi connectivity index (χ4v) is 10.2. The van der Waals surface area contributed by atoms with Crippen molar-refractivity contribution < 1.29 is 9.59 Å². The van der Waals surface area contributed by atoms with Gasteiger partial charge in [0.1, 0.15) is 0 Å². The third kappa shape index (κ3) is 8.35. The van der Waals surface area contributed by atoms with Gasteiger partial charge in [0.25, 0.3) is 0 Å². The second kappa shape index (κ2) is 15.2. The van der Waals surface area contributed by atoms with E-state index in [9.17, 15) is 9.59 Å². The molecule has 6 aliphatic rings. The average molecular weight is 696 g/mol. The zero-order valence-electron chi connectivity index (χ0n) is 32.4. The highest BCUT2D eigenvalue weighted by atomic mass is 16.2. The quantitative estimate of drug-likeness (QED) is 0.303. The van der Waals surface area contributed by atoms with E-state index in [4.69, 9.17) is 0 Å². The molecule has 2 amide bonds. The van der Waals surface area contributed by atoms with Gasteiger partial charge in [-0.05, 0) is 99.2 Å². The summed E-state index contributed by atoms with van der Waals surface area (Å²) >= 11 is 0. The number of hydrogen-bond acceptors (Lipinski definition) is 5. The molecule has 7 heteroatoms. The van der Waals surface area contributed by atoms with Crippen molar-refractivity contribution >= 4 is 17.5 Å². The molecule has 5 aliphatic heterocycles. The molecule has 278 valence electrons. The molecule has 1 aliphatic carbocycles. The maximum atomic E-state index is 12.6. The molecule has 0 aromatic heterocycles. The van der Waals surface area contributed by atoms with Crippen LogP contribution >= 0.6 is 0 Å². The Morgan fingerprint density at radius 3 is 1.63 bits per heavy atom. The van der Waals surface area contributed by atoms with E-state index in [2.05, 4.69) is 108 Å². The van der Waals surface area contributed by atoms with E-state index in [1.807, 2.05) is 0 Å². The van der Waals surface area contributed by atoms with Crippen molar-refractivity contribution in [1.29, 1.82) is 0 Å². The largest absolute Gasteiger partial charge is 0.370 e. The van der Waals surface area contributed by atoms with Gasteiger partial charge in [-0.2, -0.15) is 0 Å². The molecule has 2 aromatic carbocycles. The minimum atomic E-state index is 0.344. The zero-order valence-corrected chi connectivity index (χ0v) is 32.4. The van der Waals surface area contributed by atoms with Crippen molar-refractivity contribution in [3.05, 3.63) is 65.2 Å². The Kier molecular flexibility index (Phi) is 10.9. The van der Waals surface area contributed by atoms with Gasteiger partial charge in [-0.1, -0.05) is 74.7 Å². The fourth-order valence-electron chi connectivity index (χ4n) is 10.2. The first-order valence-corrected chi connectivity index (χ1v) is 20.4. The summed E-state index contributed by atoms with van der Waals surface area (Å²) in [6, 6.07) is 17.9. The Balaban J connectivity index is 0.000000159. The zero-order chi connectivity index (χ0) is 35.8. The Morgan fingerprint density at radius 2 is 1.14 bits per heavy atom. The molecule has 5 heterocycles. The van der Waals surface area contributed by atoms with E-state index in [1.54, 1.807) is 0 Å². The van der Waals surface area contributed by atoms with Gasteiger partial charge in [-0.15, -0.1) is 0 Å². The molecule has 0 atom stereocenters. The summed E-state index contributed by atoms with van der Waals surface area (Å²) in [4.78, 5) is 36.5. The van der Waals surface area contributed by atoms with Gasteiger partial charge in [0.05, 0.1) is 13.1 Å². The normalized spacial score (nSPS) is 23.7. The van der Waals surface area contributed by atoms with Crippen molar-refractivity contribution in [2.75, 3.05) is 83.4 Å². The van der Waals surface area contributed by atoms with Crippen molar-refractivity contribution in [2.24, 2.45) is 28.6 Å². The van der Waals surface area contributed by atoms with E-state index in [0.29, 0.717) is 35.7 Å². The number of likely N-dealkylation sites (tertiary alicyclic amines) is 4. The third-order valence-electron chi connectivity index (χ3n) is 13.7. The molecular weight excluding hydrogens is 631 g/mol. The van der Waals surface area contributed by atoms with Crippen LogP contribution in [-0.4, -0.2) is 110 Å². The molecule has 0 unspecified atom stereocenters. The molecule has 6 fully saturated rings. The lowest BCUT2D eigenvalue weighted by Crippen LogP contribution is -2.73. The van der Waals surface area contributed by atoms with Crippen LogP contribution < -0.4 is 4.90 Å². The Bertz CT molecular complexity index is 1460. The van der Waals surface area contributed by atoms with Gasteiger partial charge in [-0.25, -0.2) is 0 Å². The highest BCUT2D eigenvalue weighted by molar-refractivity contribution is 5.79. The van der Waals surface area contributed by atoms with Gasteiger partial charge in [-0.3, -0.25) is 19.4 Å². The van der Waals surface area contributed by atoms with Crippen LogP contribution in [0.5, 0.6) is 0 Å². The number of hydrogen-bond donors (Lipinski definition) is 0. The smallest absolute Gasteiger partial charge is 0.236 e. The fraction of sp³-hybridized carbons (Fsp3) is 0.682. The number of aryl methyl sites for hydroxylation is 2. The van der Waals surface area contributed by atoms with Gasteiger partial charge >= 0.3 is 0 Å². The highest BCUT2D eigenvalue weighted by Gasteiger charge is 2.53. The number of rotatable bonds is 8. The number of benzene rings is 2. The van der Waals surface area contributed by atoms with Crippen LogP contribution in [0.4, 0.5) is 5.69 Å². The second-order valence-corrected chi connectivity index (χ2v) is 18.2. The molecule has 51 heavy (non-hydrogen) atoms. The minimum Gasteiger partial charge on any atom is -0.370 e. The number of carbonyl (C=O) groups excluding carboxylic acids is 2. The van der Waals surface area contributed by atoms with E-state index in [-0.39, 0.29) is 0 Å². The molecule has 8 rings (SSSR count). The summed E-state index contributed by atoms with van der Waals surface area (Å²) in [6.45, 7) is 23.0. The van der Waals surface area contributed by atoms with E-state index in [1.165, 1.54) is 67.3 Å². The van der Waals surface area contributed by atoms with Crippen molar-refractivity contribution in [2.45, 2.75) is 85.5 Å². The van der Waals surface area contributed by atoms with Crippen LogP contribution in [-0.2, 0) is 9.59 Å². The lowest BCUT2D eigenvalue weighted by Gasteiger charge is -2.61. The summed E-state index contributed by atoms with van der Waals surface area (Å²) < 4.78 is 0. The summed E-state index contributed by atoms with van der Waals surface area (Å²) in [5.41, 5.74) is 6.46. The number of carbonyl (C=O) groups is 2. The van der Waals surface area contributed by atoms with Crippen LogP contribution in [0.3, 0.4) is 0 Å². The summed E-state index contributed by atoms with van der Waals surface area (Å²) in [7, 11) is 0. The SMILES string of the molecule is CCC1CCN(C(=O)CN2CC3(CC(c4ccc(C)cc4)C3)C2)CC1.Cc1ccc(N2CC3(CN(CC(=O)N4CCC(C(C)C)CC4)C3)C2)cc1. The second-order valence-electron chi connectivity index (χ2n) is 18.2. The lowest BCUT2D eigenvalue weighted by molar-refractivity contribution is -0.141. The van der Waals surface area contributed by atoms with Crippen LogP contribution in [0.25, 0.3) is 0 Å². The van der Waals surface area contributed by atoms with Gasteiger partial charge < -0.3 is 14.7 Å². The summed E-state index contributed by atoms with van der Waals surface area (Å²) in [6.07, 6.45) is 8.64. The number of piperidine rings is 2. The molecule has 0 radical (unpaired) electrons. The number of nitrogens with zero attached hydrogens (tertiary/aromatic N) is 5. The van der Waals surface area contributed by atoms with Crippen LogP contribution in [0.1, 0.15) is 88.3 Å². The molecule has 5 saturated heterocycles. The Morgan fingerprint density at radius 1 is 0.667 bits per heavy atom. The average Bonchev–Trinajstić information content (AvgIpc) is 3.07. The maximum absolute atomic E-state index is 12.6. The Hall–Kier alpha value is -2.90. The first-order chi connectivity index (χ1) is 24.5. The van der Waals surface area contributed by atoms with Gasteiger partial charge in [0.15, 0.2) is 0 Å². The standard InChI is InChI=1S/C22H33N3O.C22H32N2O/c1-17(2)19-8-10-24(11-9-19)21(26)12-23-13-22(14-23)15-25(16-22)20-6-4-18(3)5-7-20;1-3-18-8-10-24(11-9-18)21(25)14-23-15-22(16-23)12-20(13-22)19-6-4-17(2)5-7-19/h4-7,17,19H,8-16H2,1-3H3;4-7,18,20H,3,8-16H2,1-2H3. The summed E-state index contributed by atoms with van der Waals surface area (Å²) in [5.74, 6) is 3.83. The first-order valence-electron chi connectivity index (χ1n) is 20.4. The number of anilines is 1. The highest BCUT2D eigenvalue weighted by Crippen LogP contribution is 2.56. The van der Waals surface area contributed by atoms with Crippen LogP contribution in [0.2, 0.25) is 0 Å². The molecule has 2 spiro atoms. The molecule has 0 N–H and O–H groups in total. The summed E-state index contributed by atoms with van der Waals surface area (Å²) in [5, 5.41) is 0. The van der Waals surface area contributed by atoms with E-state index < -0.39 is 0 Å².